The van der Waals surface area contributed by atoms with Crippen molar-refractivity contribution >= 4 is 5.95 Å². The van der Waals surface area contributed by atoms with E-state index in [4.69, 9.17) is 0 Å². The summed E-state index contributed by atoms with van der Waals surface area (Å²) in [4.78, 5) is 8.48. The van der Waals surface area contributed by atoms with E-state index in [0.717, 1.165) is 5.56 Å². The third kappa shape index (κ3) is 3.03. The van der Waals surface area contributed by atoms with Gasteiger partial charge in [0.05, 0.1) is 6.04 Å². The van der Waals surface area contributed by atoms with Gasteiger partial charge in [0.1, 0.15) is 0 Å². The molecule has 1 aromatic heterocycles. The second kappa shape index (κ2) is 4.95. The predicted molar refractivity (Wildman–Crippen MR) is 70.0 cm³/mol. The zero-order valence-corrected chi connectivity index (χ0v) is 10.4. The molecule has 0 radical (unpaired) electrons. The van der Waals surface area contributed by atoms with E-state index in [1.54, 1.807) is 0 Å². The molecule has 1 N–H and O–H groups in total. The molecule has 0 bridgehead atoms. The standard InChI is InChI=1S/C14H17N3/c1-10-4-6-13(7-5-10)12(3)17-14-15-8-11(2)9-16-14/h4-9,12H,1-3H3,(H,15,16,17). The topological polar surface area (TPSA) is 37.8 Å². The van der Waals surface area contributed by atoms with Crippen molar-refractivity contribution in [2.45, 2.75) is 26.8 Å². The van der Waals surface area contributed by atoms with E-state index < -0.39 is 0 Å². The first kappa shape index (κ1) is 11.6. The molecule has 0 fully saturated rings. The molecule has 3 heteroatoms. The monoisotopic (exact) mass is 227 g/mol. The largest absolute Gasteiger partial charge is 0.348 e. The molecule has 1 atom stereocenters. The lowest BCUT2D eigenvalue weighted by Crippen LogP contribution is -2.09. The van der Waals surface area contributed by atoms with Gasteiger partial charge in [-0.25, -0.2) is 9.97 Å². The Morgan fingerprint density at radius 2 is 1.53 bits per heavy atom. The van der Waals surface area contributed by atoms with Crippen molar-refractivity contribution in [2.24, 2.45) is 0 Å². The Morgan fingerprint density at radius 3 is 2.12 bits per heavy atom. The molecular weight excluding hydrogens is 210 g/mol. The van der Waals surface area contributed by atoms with Crippen molar-refractivity contribution in [2.75, 3.05) is 5.32 Å². The van der Waals surface area contributed by atoms with Crippen molar-refractivity contribution in [3.8, 4) is 0 Å². The van der Waals surface area contributed by atoms with Gasteiger partial charge in [0, 0.05) is 12.4 Å². The van der Waals surface area contributed by atoms with Gasteiger partial charge in [-0.2, -0.15) is 0 Å². The van der Waals surface area contributed by atoms with E-state index in [1.807, 2.05) is 19.3 Å². The van der Waals surface area contributed by atoms with Crippen LogP contribution < -0.4 is 5.32 Å². The van der Waals surface area contributed by atoms with Crippen LogP contribution >= 0.6 is 0 Å². The van der Waals surface area contributed by atoms with Crippen LogP contribution in [0.25, 0.3) is 0 Å². The number of aromatic nitrogens is 2. The van der Waals surface area contributed by atoms with Gasteiger partial charge >= 0.3 is 0 Å². The molecule has 0 spiro atoms. The van der Waals surface area contributed by atoms with Crippen molar-refractivity contribution in [1.29, 1.82) is 0 Å². The van der Waals surface area contributed by atoms with E-state index in [1.165, 1.54) is 11.1 Å². The number of aryl methyl sites for hydroxylation is 2. The number of nitrogens with zero attached hydrogens (tertiary/aromatic N) is 2. The molecule has 1 unspecified atom stereocenters. The van der Waals surface area contributed by atoms with Crippen LogP contribution in [0.3, 0.4) is 0 Å². The van der Waals surface area contributed by atoms with Gasteiger partial charge in [0.15, 0.2) is 0 Å². The fourth-order valence-corrected chi connectivity index (χ4v) is 1.60. The highest BCUT2D eigenvalue weighted by molar-refractivity contribution is 5.32. The first-order valence-corrected chi connectivity index (χ1v) is 5.77. The highest BCUT2D eigenvalue weighted by atomic mass is 15.1. The fraction of sp³-hybridized carbons (Fsp3) is 0.286. The van der Waals surface area contributed by atoms with Crippen molar-refractivity contribution < 1.29 is 0 Å². The summed E-state index contributed by atoms with van der Waals surface area (Å²) in [6, 6.07) is 8.69. The van der Waals surface area contributed by atoms with Crippen LogP contribution in [0, 0.1) is 13.8 Å². The summed E-state index contributed by atoms with van der Waals surface area (Å²) in [5.74, 6) is 0.670. The molecule has 88 valence electrons. The maximum atomic E-state index is 4.24. The van der Waals surface area contributed by atoms with Gasteiger partial charge in [0.25, 0.3) is 0 Å². The third-order valence-electron chi connectivity index (χ3n) is 2.70. The van der Waals surface area contributed by atoms with Crippen LogP contribution in [0.1, 0.15) is 29.7 Å². The molecule has 17 heavy (non-hydrogen) atoms. The summed E-state index contributed by atoms with van der Waals surface area (Å²) in [6.45, 7) is 6.17. The highest BCUT2D eigenvalue weighted by Gasteiger charge is 2.05. The lowest BCUT2D eigenvalue weighted by atomic mass is 10.1. The minimum absolute atomic E-state index is 0.207. The third-order valence-corrected chi connectivity index (χ3v) is 2.70. The summed E-state index contributed by atoms with van der Waals surface area (Å²) in [7, 11) is 0. The molecule has 0 saturated carbocycles. The number of hydrogen-bond donors (Lipinski definition) is 1. The van der Waals surface area contributed by atoms with Crippen molar-refractivity contribution in [3.05, 3.63) is 53.3 Å². The molecule has 0 aliphatic carbocycles. The summed E-state index contributed by atoms with van der Waals surface area (Å²) in [5, 5.41) is 3.28. The van der Waals surface area contributed by atoms with Crippen LogP contribution in [0.15, 0.2) is 36.7 Å². The van der Waals surface area contributed by atoms with Gasteiger partial charge in [-0.1, -0.05) is 29.8 Å². The Bertz CT molecular complexity index is 474. The molecule has 0 aliphatic rings. The molecule has 0 aliphatic heterocycles. The Kier molecular flexibility index (Phi) is 3.38. The zero-order valence-electron chi connectivity index (χ0n) is 10.4. The van der Waals surface area contributed by atoms with Gasteiger partial charge in [-0.3, -0.25) is 0 Å². The fourth-order valence-electron chi connectivity index (χ4n) is 1.60. The molecule has 3 nitrogen and oxygen atoms in total. The SMILES string of the molecule is Cc1ccc(C(C)Nc2ncc(C)cn2)cc1. The minimum Gasteiger partial charge on any atom is -0.348 e. The van der Waals surface area contributed by atoms with Gasteiger partial charge in [-0.15, -0.1) is 0 Å². The van der Waals surface area contributed by atoms with Crippen LogP contribution in [-0.4, -0.2) is 9.97 Å². The molecule has 2 aromatic rings. The zero-order chi connectivity index (χ0) is 12.3. The number of rotatable bonds is 3. The Hall–Kier alpha value is -1.90. The quantitative estimate of drug-likeness (QED) is 0.874. The number of benzene rings is 1. The summed E-state index contributed by atoms with van der Waals surface area (Å²) in [6.07, 6.45) is 3.63. The lowest BCUT2D eigenvalue weighted by Gasteiger charge is -2.14. The maximum absolute atomic E-state index is 4.24. The maximum Gasteiger partial charge on any atom is 0.223 e. The van der Waals surface area contributed by atoms with Crippen LogP contribution in [0.2, 0.25) is 0 Å². The van der Waals surface area contributed by atoms with E-state index in [9.17, 15) is 0 Å². The first-order valence-electron chi connectivity index (χ1n) is 5.77. The van der Waals surface area contributed by atoms with E-state index in [-0.39, 0.29) is 6.04 Å². The second-order valence-corrected chi connectivity index (χ2v) is 4.36. The second-order valence-electron chi connectivity index (χ2n) is 4.36. The molecule has 1 aromatic carbocycles. The smallest absolute Gasteiger partial charge is 0.223 e. The predicted octanol–water partition coefficient (Wildman–Crippen LogP) is 3.27. The van der Waals surface area contributed by atoms with E-state index >= 15 is 0 Å². The summed E-state index contributed by atoms with van der Waals surface area (Å²) < 4.78 is 0. The Balaban J connectivity index is 2.08. The van der Waals surface area contributed by atoms with Crippen LogP contribution in [0.4, 0.5) is 5.95 Å². The molecule has 0 saturated heterocycles. The molecular formula is C14H17N3. The lowest BCUT2D eigenvalue weighted by molar-refractivity contribution is 0.858. The van der Waals surface area contributed by atoms with Gasteiger partial charge < -0.3 is 5.32 Å². The minimum atomic E-state index is 0.207. The molecule has 0 amide bonds. The Morgan fingerprint density at radius 1 is 0.941 bits per heavy atom. The first-order chi connectivity index (χ1) is 8.15. The summed E-state index contributed by atoms with van der Waals surface area (Å²) >= 11 is 0. The van der Waals surface area contributed by atoms with E-state index in [2.05, 4.69) is 53.4 Å². The average molecular weight is 227 g/mol. The summed E-state index contributed by atoms with van der Waals surface area (Å²) in [5.41, 5.74) is 3.57. The highest BCUT2D eigenvalue weighted by Crippen LogP contribution is 2.16. The normalized spacial score (nSPS) is 12.2. The Labute approximate surface area is 102 Å². The van der Waals surface area contributed by atoms with E-state index in [0.29, 0.717) is 5.95 Å². The number of hydrogen-bond acceptors (Lipinski definition) is 3. The number of anilines is 1. The average Bonchev–Trinajstić information content (AvgIpc) is 2.33. The van der Waals surface area contributed by atoms with Gasteiger partial charge in [-0.05, 0) is 31.9 Å². The number of nitrogens with one attached hydrogen (secondary N) is 1. The van der Waals surface area contributed by atoms with Gasteiger partial charge in [0.2, 0.25) is 5.95 Å². The molecule has 2 rings (SSSR count). The van der Waals surface area contributed by atoms with Crippen LogP contribution in [-0.2, 0) is 0 Å². The van der Waals surface area contributed by atoms with Crippen LogP contribution in [0.5, 0.6) is 0 Å². The van der Waals surface area contributed by atoms with Crippen molar-refractivity contribution in [3.63, 3.8) is 0 Å². The van der Waals surface area contributed by atoms with Crippen molar-refractivity contribution in [1.82, 2.24) is 9.97 Å². The molecule has 1 heterocycles.